The quantitative estimate of drug-likeness (QED) is 0.0222. The standard InChI is InChI=1S/C65H126O17P2/c1-9-58(8)44-36-28-19-14-15-21-31-39-47-64(69)81-61(52-76-63(68)46-38-30-24-23-27-35-43-57(6)7)54-80-84(73,74)78-50-59(66)49-77-83(71,72)79-53-60(82-65(70)48-40-32-22-16-18-26-34-42-56(4)5)51-75-62(67)45-37-29-20-13-11-10-12-17-25-33-41-55(2)3/h55-61,66H,9-54H2,1-8H3,(H,71,72)(H,73,74)/t58?,59-,60-,61-/m1/s1. The summed E-state index contributed by atoms with van der Waals surface area (Å²) in [4.78, 5) is 72.2. The van der Waals surface area contributed by atoms with Crippen molar-refractivity contribution < 1.29 is 80.2 Å². The van der Waals surface area contributed by atoms with Gasteiger partial charge in [0.15, 0.2) is 12.2 Å². The molecule has 0 aromatic rings. The van der Waals surface area contributed by atoms with Gasteiger partial charge in [-0.25, -0.2) is 9.13 Å². The number of esters is 4. The summed E-state index contributed by atoms with van der Waals surface area (Å²) in [6, 6.07) is 0. The topological polar surface area (TPSA) is 237 Å². The van der Waals surface area contributed by atoms with Crippen LogP contribution >= 0.6 is 15.6 Å². The molecular weight excluding hydrogens is 1110 g/mol. The number of hydrogen-bond donors (Lipinski definition) is 3. The third kappa shape index (κ3) is 57.8. The van der Waals surface area contributed by atoms with E-state index in [1.165, 1.54) is 109 Å². The van der Waals surface area contributed by atoms with Crippen molar-refractivity contribution in [2.45, 2.75) is 331 Å². The first-order valence-corrected chi connectivity index (χ1v) is 36.7. The zero-order valence-corrected chi connectivity index (χ0v) is 56.3. The Morgan fingerprint density at radius 2 is 0.571 bits per heavy atom. The molecule has 0 aliphatic rings. The van der Waals surface area contributed by atoms with E-state index in [0.717, 1.165) is 108 Å². The van der Waals surface area contributed by atoms with Crippen LogP contribution in [0.4, 0.5) is 0 Å². The Bertz CT molecular complexity index is 1680. The van der Waals surface area contributed by atoms with Gasteiger partial charge in [-0.2, -0.15) is 0 Å². The highest BCUT2D eigenvalue weighted by Crippen LogP contribution is 2.45. The predicted molar refractivity (Wildman–Crippen MR) is 335 cm³/mol. The molecule has 3 N–H and O–H groups in total. The van der Waals surface area contributed by atoms with Gasteiger partial charge in [0.25, 0.3) is 0 Å². The maximum absolute atomic E-state index is 13.0. The highest BCUT2D eigenvalue weighted by atomic mass is 31.2. The molecule has 0 saturated carbocycles. The fourth-order valence-electron chi connectivity index (χ4n) is 9.57. The Morgan fingerprint density at radius 3 is 0.845 bits per heavy atom. The first kappa shape index (κ1) is 82.1. The molecule has 0 spiro atoms. The van der Waals surface area contributed by atoms with Crippen LogP contribution in [0.25, 0.3) is 0 Å². The minimum Gasteiger partial charge on any atom is -0.462 e. The molecule has 6 atom stereocenters. The SMILES string of the molecule is CCC(C)CCCCCCCCCCC(=O)O[C@H](COC(=O)CCCCCCCCC(C)C)COP(=O)(O)OC[C@H](O)COP(=O)(O)OC[C@@H](COC(=O)CCCCCCCCCCCCC(C)C)OC(=O)CCCCCCCCCC(C)C. The summed E-state index contributed by atoms with van der Waals surface area (Å²) < 4.78 is 68.0. The number of phosphoric ester groups is 2. The van der Waals surface area contributed by atoms with E-state index in [-0.39, 0.29) is 25.7 Å². The summed E-state index contributed by atoms with van der Waals surface area (Å²) in [5.74, 6) is 0.762. The molecule has 0 aromatic carbocycles. The van der Waals surface area contributed by atoms with Gasteiger partial charge < -0.3 is 33.8 Å². The monoisotopic (exact) mass is 1240 g/mol. The number of aliphatic hydroxyl groups excluding tert-OH is 1. The Kier molecular flexibility index (Phi) is 53.9. The normalized spacial score (nSPS) is 14.7. The third-order valence-corrected chi connectivity index (χ3v) is 17.1. The number of hydrogen-bond acceptors (Lipinski definition) is 15. The Balaban J connectivity index is 5.24. The second kappa shape index (κ2) is 55.2. The molecule has 17 nitrogen and oxygen atoms in total. The Morgan fingerprint density at radius 1 is 0.333 bits per heavy atom. The molecular formula is C65H126O17P2. The Labute approximate surface area is 511 Å². The maximum atomic E-state index is 13.0. The van der Waals surface area contributed by atoms with Crippen LogP contribution < -0.4 is 0 Å². The van der Waals surface area contributed by atoms with Crippen LogP contribution in [0, 0.1) is 23.7 Å². The van der Waals surface area contributed by atoms with E-state index in [0.29, 0.717) is 37.5 Å². The predicted octanol–water partition coefficient (Wildman–Crippen LogP) is 17.8. The summed E-state index contributed by atoms with van der Waals surface area (Å²) in [6.07, 6.45) is 35.0. The van der Waals surface area contributed by atoms with Crippen molar-refractivity contribution in [2.24, 2.45) is 23.7 Å². The fourth-order valence-corrected chi connectivity index (χ4v) is 11.2. The smallest absolute Gasteiger partial charge is 0.462 e. The van der Waals surface area contributed by atoms with Crippen molar-refractivity contribution in [3.8, 4) is 0 Å². The molecule has 0 amide bonds. The van der Waals surface area contributed by atoms with Crippen molar-refractivity contribution >= 4 is 39.5 Å². The molecule has 0 bridgehead atoms. The number of unbranched alkanes of at least 4 members (excludes halogenated alkanes) is 27. The Hall–Kier alpha value is -1.94. The lowest BCUT2D eigenvalue weighted by Crippen LogP contribution is -2.30. The van der Waals surface area contributed by atoms with Crippen LogP contribution in [0.1, 0.15) is 312 Å². The van der Waals surface area contributed by atoms with E-state index in [2.05, 4.69) is 55.4 Å². The lowest BCUT2D eigenvalue weighted by Gasteiger charge is -2.21. The zero-order valence-electron chi connectivity index (χ0n) is 54.5. The molecule has 0 saturated heterocycles. The summed E-state index contributed by atoms with van der Waals surface area (Å²) in [5.41, 5.74) is 0. The first-order valence-electron chi connectivity index (χ1n) is 33.7. The molecule has 0 aliphatic heterocycles. The van der Waals surface area contributed by atoms with Crippen molar-refractivity contribution in [1.82, 2.24) is 0 Å². The van der Waals surface area contributed by atoms with Gasteiger partial charge in [0.1, 0.15) is 19.3 Å². The van der Waals surface area contributed by atoms with Crippen LogP contribution in [0.5, 0.6) is 0 Å². The van der Waals surface area contributed by atoms with Crippen LogP contribution in [-0.4, -0.2) is 96.7 Å². The van der Waals surface area contributed by atoms with Crippen LogP contribution in [0.2, 0.25) is 0 Å². The third-order valence-electron chi connectivity index (χ3n) is 15.2. The summed E-state index contributed by atoms with van der Waals surface area (Å²) in [5, 5.41) is 10.5. The van der Waals surface area contributed by atoms with Crippen molar-refractivity contribution in [3.05, 3.63) is 0 Å². The van der Waals surface area contributed by atoms with E-state index in [1.807, 2.05) is 0 Å². The van der Waals surface area contributed by atoms with Gasteiger partial charge in [-0.15, -0.1) is 0 Å². The molecule has 498 valence electrons. The van der Waals surface area contributed by atoms with Gasteiger partial charge in [0, 0.05) is 25.7 Å². The number of phosphoric acid groups is 2. The van der Waals surface area contributed by atoms with E-state index in [4.69, 9.17) is 37.0 Å². The molecule has 84 heavy (non-hydrogen) atoms. The largest absolute Gasteiger partial charge is 0.472 e. The maximum Gasteiger partial charge on any atom is 0.472 e. The number of aliphatic hydroxyl groups is 1. The van der Waals surface area contributed by atoms with Gasteiger partial charge in [0.05, 0.1) is 26.4 Å². The van der Waals surface area contributed by atoms with E-state index in [9.17, 15) is 43.2 Å². The lowest BCUT2D eigenvalue weighted by molar-refractivity contribution is -0.161. The molecule has 3 unspecified atom stereocenters. The second-order valence-corrected chi connectivity index (χ2v) is 28.1. The summed E-state index contributed by atoms with van der Waals surface area (Å²) >= 11 is 0. The molecule has 0 rings (SSSR count). The minimum absolute atomic E-state index is 0.102. The number of carbonyl (C=O) groups excluding carboxylic acids is 4. The first-order chi connectivity index (χ1) is 40.1. The van der Waals surface area contributed by atoms with Gasteiger partial charge in [0.2, 0.25) is 0 Å². The van der Waals surface area contributed by atoms with Gasteiger partial charge in [-0.1, -0.05) is 261 Å². The molecule has 0 heterocycles. The second-order valence-electron chi connectivity index (χ2n) is 25.2. The van der Waals surface area contributed by atoms with Crippen molar-refractivity contribution in [2.75, 3.05) is 39.6 Å². The van der Waals surface area contributed by atoms with E-state index in [1.54, 1.807) is 0 Å². The highest BCUT2D eigenvalue weighted by Gasteiger charge is 2.30. The van der Waals surface area contributed by atoms with Gasteiger partial charge in [-0.05, 0) is 49.4 Å². The molecule has 0 aliphatic carbocycles. The molecule has 0 fully saturated rings. The van der Waals surface area contributed by atoms with Crippen LogP contribution in [-0.2, 0) is 65.4 Å². The number of ether oxygens (including phenoxy) is 4. The average molecular weight is 1240 g/mol. The van der Waals surface area contributed by atoms with Gasteiger partial charge in [-0.3, -0.25) is 37.3 Å². The van der Waals surface area contributed by atoms with E-state index < -0.39 is 97.5 Å². The number of rotatable bonds is 62. The minimum atomic E-state index is -4.95. The average Bonchev–Trinajstić information content (AvgIpc) is 3.49. The summed E-state index contributed by atoms with van der Waals surface area (Å²) in [6.45, 7) is 13.9. The van der Waals surface area contributed by atoms with Crippen molar-refractivity contribution in [3.63, 3.8) is 0 Å². The lowest BCUT2D eigenvalue weighted by atomic mass is 9.99. The van der Waals surface area contributed by atoms with Crippen LogP contribution in [0.3, 0.4) is 0 Å². The highest BCUT2D eigenvalue weighted by molar-refractivity contribution is 7.47. The zero-order chi connectivity index (χ0) is 62.5. The molecule has 19 heteroatoms. The van der Waals surface area contributed by atoms with Crippen molar-refractivity contribution in [1.29, 1.82) is 0 Å². The molecule has 0 radical (unpaired) electrons. The fraction of sp³-hybridized carbons (Fsp3) is 0.938. The van der Waals surface area contributed by atoms with Gasteiger partial charge >= 0.3 is 39.5 Å². The van der Waals surface area contributed by atoms with E-state index >= 15 is 0 Å². The van der Waals surface area contributed by atoms with Crippen LogP contribution in [0.15, 0.2) is 0 Å². The summed E-state index contributed by atoms with van der Waals surface area (Å²) in [7, 11) is -9.89. The number of carbonyl (C=O) groups is 4. The molecule has 0 aromatic heterocycles.